The van der Waals surface area contributed by atoms with Gasteiger partial charge in [-0.1, -0.05) is 25.6 Å². The number of benzene rings is 1. The summed E-state index contributed by atoms with van der Waals surface area (Å²) >= 11 is 2.39. The van der Waals surface area contributed by atoms with Crippen molar-refractivity contribution in [3.8, 4) is 11.5 Å². The summed E-state index contributed by atoms with van der Waals surface area (Å²) in [6.07, 6.45) is 0. The molecule has 0 spiro atoms. The Kier molecular flexibility index (Phi) is 4.02. The van der Waals surface area contributed by atoms with Crippen LogP contribution in [0.15, 0.2) is 12.1 Å². The summed E-state index contributed by atoms with van der Waals surface area (Å²) in [5.74, 6) is 3.30. The average molecular weight is 328 g/mol. The first kappa shape index (κ1) is 12.8. The summed E-state index contributed by atoms with van der Waals surface area (Å²) in [5.41, 5.74) is 7.22. The molecule has 0 aliphatic rings. The first-order chi connectivity index (χ1) is 6.79. The average Bonchev–Trinajstić information content (AvgIpc) is 2.09. The molecule has 0 radical (unpaired) electrons. The molecule has 0 bridgehead atoms. The third kappa shape index (κ3) is 4.00. The highest BCUT2D eigenvalue weighted by atomic mass is 127. The van der Waals surface area contributed by atoms with Gasteiger partial charge in [0, 0.05) is 9.13 Å². The van der Waals surface area contributed by atoms with Crippen molar-refractivity contribution < 1.29 is 0 Å². The summed E-state index contributed by atoms with van der Waals surface area (Å²) in [4.78, 5) is 0. The number of halogens is 1. The fourth-order valence-electron chi connectivity index (χ4n) is 1.28. The van der Waals surface area contributed by atoms with Crippen molar-refractivity contribution in [3.63, 3.8) is 0 Å². The van der Waals surface area contributed by atoms with Crippen molar-refractivity contribution in [3.05, 3.63) is 32.4 Å². The van der Waals surface area contributed by atoms with Crippen molar-refractivity contribution >= 4 is 30.7 Å². The molecule has 0 nitrogen and oxygen atoms in total. The minimum atomic E-state index is -1.25. The van der Waals surface area contributed by atoms with E-state index >= 15 is 0 Å². The van der Waals surface area contributed by atoms with E-state index < -0.39 is 8.07 Å². The SMILES string of the molecule is Cc1cc(C#C[Si](C)(C)C)cc(C)c1I. The number of hydrogen-bond acceptors (Lipinski definition) is 0. The van der Waals surface area contributed by atoms with E-state index in [4.69, 9.17) is 0 Å². The van der Waals surface area contributed by atoms with Crippen LogP contribution in [-0.2, 0) is 0 Å². The molecule has 0 amide bonds. The quantitative estimate of drug-likeness (QED) is 0.381. The smallest absolute Gasteiger partial charge is 0.127 e. The lowest BCUT2D eigenvalue weighted by Gasteiger charge is -2.05. The minimum Gasteiger partial charge on any atom is -0.127 e. The van der Waals surface area contributed by atoms with Crippen molar-refractivity contribution in [2.24, 2.45) is 0 Å². The Labute approximate surface area is 108 Å². The van der Waals surface area contributed by atoms with Gasteiger partial charge in [-0.2, -0.15) is 0 Å². The molecule has 15 heavy (non-hydrogen) atoms. The molecule has 1 aromatic rings. The summed E-state index contributed by atoms with van der Waals surface area (Å²) in [6, 6.07) is 4.36. The minimum absolute atomic E-state index is 1.16. The highest BCUT2D eigenvalue weighted by Crippen LogP contribution is 2.18. The molecular formula is C13H17ISi. The molecule has 0 unspecified atom stereocenters. The molecule has 0 saturated carbocycles. The molecule has 0 saturated heterocycles. The largest absolute Gasteiger partial charge is 0.129 e. The van der Waals surface area contributed by atoms with E-state index in [1.807, 2.05) is 0 Å². The molecule has 0 aliphatic carbocycles. The molecule has 2 heteroatoms. The van der Waals surface area contributed by atoms with Crippen LogP contribution in [-0.4, -0.2) is 8.07 Å². The molecule has 1 rings (SSSR count). The Morgan fingerprint density at radius 1 is 1.07 bits per heavy atom. The third-order valence-electron chi connectivity index (χ3n) is 2.02. The van der Waals surface area contributed by atoms with Crippen LogP contribution in [0, 0.1) is 28.9 Å². The second-order valence-electron chi connectivity index (χ2n) is 4.92. The molecule has 1 aromatic carbocycles. The summed E-state index contributed by atoms with van der Waals surface area (Å²) in [6.45, 7) is 11.1. The molecule has 0 aliphatic heterocycles. The van der Waals surface area contributed by atoms with Crippen LogP contribution in [0.2, 0.25) is 19.6 Å². The van der Waals surface area contributed by atoms with Crippen LogP contribution in [0.25, 0.3) is 0 Å². The van der Waals surface area contributed by atoms with E-state index in [9.17, 15) is 0 Å². The molecule has 0 fully saturated rings. The van der Waals surface area contributed by atoms with E-state index in [2.05, 4.69) is 79.7 Å². The zero-order valence-electron chi connectivity index (χ0n) is 10.0. The molecule has 80 valence electrons. The zero-order valence-corrected chi connectivity index (χ0v) is 13.2. The second-order valence-corrected chi connectivity index (χ2v) is 10.8. The normalized spacial score (nSPS) is 10.8. The second kappa shape index (κ2) is 4.71. The van der Waals surface area contributed by atoms with Crippen molar-refractivity contribution in [1.82, 2.24) is 0 Å². The van der Waals surface area contributed by atoms with Gasteiger partial charge in [-0.25, -0.2) is 0 Å². The van der Waals surface area contributed by atoms with Gasteiger partial charge in [-0.05, 0) is 59.7 Å². The van der Waals surface area contributed by atoms with Gasteiger partial charge < -0.3 is 0 Å². The van der Waals surface area contributed by atoms with E-state index in [1.165, 1.54) is 14.7 Å². The Balaban J connectivity index is 3.12. The zero-order chi connectivity index (χ0) is 11.6. The summed E-state index contributed by atoms with van der Waals surface area (Å²) in [5, 5.41) is 0. The van der Waals surface area contributed by atoms with Crippen LogP contribution in [0.4, 0.5) is 0 Å². The topological polar surface area (TPSA) is 0 Å². The fraction of sp³-hybridized carbons (Fsp3) is 0.385. The molecule has 0 N–H and O–H groups in total. The Bertz CT molecular complexity index is 407. The van der Waals surface area contributed by atoms with Gasteiger partial charge in [0.05, 0.1) is 0 Å². The molecule has 0 heterocycles. The first-order valence-corrected chi connectivity index (χ1v) is 9.67. The van der Waals surface area contributed by atoms with Crippen molar-refractivity contribution in [2.45, 2.75) is 33.5 Å². The van der Waals surface area contributed by atoms with Gasteiger partial charge in [0.2, 0.25) is 0 Å². The predicted octanol–water partition coefficient (Wildman–Crippen LogP) is 4.14. The summed E-state index contributed by atoms with van der Waals surface area (Å²) < 4.78 is 1.35. The van der Waals surface area contributed by atoms with Crippen LogP contribution in [0.3, 0.4) is 0 Å². The van der Waals surface area contributed by atoms with Gasteiger partial charge >= 0.3 is 0 Å². The maximum atomic E-state index is 3.40. The van der Waals surface area contributed by atoms with E-state index in [0.29, 0.717) is 0 Å². The van der Waals surface area contributed by atoms with Gasteiger partial charge in [0.25, 0.3) is 0 Å². The van der Waals surface area contributed by atoms with Crippen LogP contribution < -0.4 is 0 Å². The number of rotatable bonds is 0. The van der Waals surface area contributed by atoms with E-state index in [-0.39, 0.29) is 0 Å². The van der Waals surface area contributed by atoms with Gasteiger partial charge in [0.1, 0.15) is 8.07 Å². The predicted molar refractivity (Wildman–Crippen MR) is 78.9 cm³/mol. The van der Waals surface area contributed by atoms with Crippen LogP contribution in [0.5, 0.6) is 0 Å². The third-order valence-corrected chi connectivity index (χ3v) is 4.59. The Morgan fingerprint density at radius 2 is 1.53 bits per heavy atom. The van der Waals surface area contributed by atoms with Gasteiger partial charge in [-0.15, -0.1) is 5.54 Å². The highest BCUT2D eigenvalue weighted by Gasteiger charge is 2.07. The number of aryl methyl sites for hydroxylation is 2. The number of hydrogen-bond donors (Lipinski definition) is 0. The Hall–Kier alpha value is -0.273. The lowest BCUT2D eigenvalue weighted by molar-refractivity contribution is 1.33. The maximum Gasteiger partial charge on any atom is 0.129 e. The molecule has 0 aromatic heterocycles. The fourth-order valence-corrected chi connectivity index (χ4v) is 2.11. The molecule has 0 atom stereocenters. The monoisotopic (exact) mass is 328 g/mol. The highest BCUT2D eigenvalue weighted by molar-refractivity contribution is 14.1. The molecular weight excluding hydrogens is 311 g/mol. The van der Waals surface area contributed by atoms with E-state index in [1.54, 1.807) is 0 Å². The van der Waals surface area contributed by atoms with Crippen LogP contribution in [0.1, 0.15) is 16.7 Å². The van der Waals surface area contributed by atoms with Gasteiger partial charge in [0.15, 0.2) is 0 Å². The van der Waals surface area contributed by atoms with Crippen molar-refractivity contribution in [1.29, 1.82) is 0 Å². The lowest BCUT2D eigenvalue weighted by atomic mass is 10.1. The maximum absolute atomic E-state index is 3.40. The Morgan fingerprint density at radius 3 is 1.93 bits per heavy atom. The van der Waals surface area contributed by atoms with Crippen molar-refractivity contribution in [2.75, 3.05) is 0 Å². The first-order valence-electron chi connectivity index (χ1n) is 5.09. The van der Waals surface area contributed by atoms with Crippen LogP contribution >= 0.6 is 22.6 Å². The van der Waals surface area contributed by atoms with E-state index in [0.717, 1.165) is 5.56 Å². The van der Waals surface area contributed by atoms with Gasteiger partial charge in [-0.3, -0.25) is 0 Å². The standard InChI is InChI=1S/C13H17ISi/c1-10-8-12(6-7-15(3,4)5)9-11(2)13(10)14/h8-9H,1-5H3. The lowest BCUT2D eigenvalue weighted by Crippen LogP contribution is -2.16. The summed E-state index contributed by atoms with van der Waals surface area (Å²) in [7, 11) is -1.25.